The van der Waals surface area contributed by atoms with Gasteiger partial charge in [0.05, 0.1) is 17.9 Å². The number of hydrogen-bond donors (Lipinski definition) is 2. The van der Waals surface area contributed by atoms with Crippen molar-refractivity contribution in [1.29, 1.82) is 0 Å². The highest BCUT2D eigenvalue weighted by Gasteiger charge is 2.33. The quantitative estimate of drug-likeness (QED) is 0.465. The van der Waals surface area contributed by atoms with Gasteiger partial charge in [0, 0.05) is 11.5 Å². The number of rotatable bonds is 9. The lowest BCUT2D eigenvalue weighted by Crippen LogP contribution is -2.10. The Kier molecular flexibility index (Phi) is 8.85. The molecule has 0 aromatic heterocycles. The molecule has 0 heterocycles. The van der Waals surface area contributed by atoms with Gasteiger partial charge in [-0.05, 0) is 43.7 Å². The Morgan fingerprint density at radius 2 is 1.96 bits per heavy atom. The molecule has 0 fully saturated rings. The summed E-state index contributed by atoms with van der Waals surface area (Å²) in [6.07, 6.45) is 7.29. The van der Waals surface area contributed by atoms with Crippen LogP contribution < -0.4 is 5.32 Å². The van der Waals surface area contributed by atoms with Crippen molar-refractivity contribution in [3.8, 4) is 0 Å². The van der Waals surface area contributed by atoms with Gasteiger partial charge >= 0.3 is 6.18 Å². The average molecular weight is 367 g/mol. The summed E-state index contributed by atoms with van der Waals surface area (Å²) in [6.45, 7) is 3.82. The minimum absolute atomic E-state index is 0.0242. The van der Waals surface area contributed by atoms with Gasteiger partial charge in [0.15, 0.2) is 0 Å². The molecule has 6 heteroatoms. The molecule has 0 radical (unpaired) electrons. The van der Waals surface area contributed by atoms with E-state index >= 15 is 0 Å². The molecule has 0 bridgehead atoms. The number of nitrogens with one attached hydrogen (secondary N) is 1. The van der Waals surface area contributed by atoms with E-state index in [1.165, 1.54) is 18.3 Å². The number of aliphatic hydroxyl groups excluding tert-OH is 1. The van der Waals surface area contributed by atoms with E-state index in [0.29, 0.717) is 6.29 Å². The van der Waals surface area contributed by atoms with Crippen LogP contribution in [0.5, 0.6) is 0 Å². The third-order valence-electron chi connectivity index (χ3n) is 3.91. The second-order valence-corrected chi connectivity index (χ2v) is 5.71. The molecular weight excluding hydrogens is 343 g/mol. The largest absolute Gasteiger partial charge is 0.418 e. The number of aliphatic hydroxyl groups is 1. The highest BCUT2D eigenvalue weighted by atomic mass is 19.4. The zero-order chi connectivity index (χ0) is 19.6. The first-order chi connectivity index (χ1) is 12.4. The van der Waals surface area contributed by atoms with Crippen LogP contribution in [0.25, 0.3) is 0 Å². The Hall–Kier alpha value is -2.34. The van der Waals surface area contributed by atoms with E-state index in [1.54, 1.807) is 12.2 Å². The Labute approximate surface area is 151 Å². The highest BCUT2D eigenvalue weighted by molar-refractivity contribution is 5.77. The Morgan fingerprint density at radius 3 is 2.50 bits per heavy atom. The lowest BCUT2D eigenvalue weighted by molar-refractivity contribution is -0.136. The van der Waals surface area contributed by atoms with Gasteiger partial charge in [-0.25, -0.2) is 0 Å². The third kappa shape index (κ3) is 6.52. The second-order valence-electron chi connectivity index (χ2n) is 5.71. The molecule has 2 unspecified atom stereocenters. The van der Waals surface area contributed by atoms with Crippen LogP contribution in [0.1, 0.15) is 36.2 Å². The summed E-state index contributed by atoms with van der Waals surface area (Å²) >= 11 is 0. The highest BCUT2D eigenvalue weighted by Crippen LogP contribution is 2.35. The fourth-order valence-corrected chi connectivity index (χ4v) is 2.59. The van der Waals surface area contributed by atoms with Crippen molar-refractivity contribution in [2.45, 2.75) is 26.4 Å². The van der Waals surface area contributed by atoms with Gasteiger partial charge in [-0.1, -0.05) is 37.3 Å². The zero-order valence-electron chi connectivity index (χ0n) is 14.8. The predicted molar refractivity (Wildman–Crippen MR) is 97.9 cm³/mol. The SMILES string of the molecule is C/C=C/C(/C=C\Nc1ccc(C=O)cc1C(F)(F)F)C(/C=C/CO)CC. The van der Waals surface area contributed by atoms with Crippen LogP contribution in [0.2, 0.25) is 0 Å². The monoisotopic (exact) mass is 367 g/mol. The van der Waals surface area contributed by atoms with Crippen molar-refractivity contribution in [3.05, 3.63) is 65.9 Å². The normalized spacial score (nSPS) is 15.0. The number of aldehydes is 1. The van der Waals surface area contributed by atoms with Gasteiger partial charge in [-0.3, -0.25) is 4.79 Å². The van der Waals surface area contributed by atoms with Crippen LogP contribution in [-0.2, 0) is 6.18 Å². The number of hydrogen-bond acceptors (Lipinski definition) is 3. The predicted octanol–water partition coefficient (Wildman–Crippen LogP) is 5.21. The Balaban J connectivity index is 3.04. The van der Waals surface area contributed by atoms with E-state index in [-0.39, 0.29) is 29.7 Å². The van der Waals surface area contributed by atoms with Crippen molar-refractivity contribution in [3.63, 3.8) is 0 Å². The van der Waals surface area contributed by atoms with E-state index in [2.05, 4.69) is 5.32 Å². The number of allylic oxidation sites excluding steroid dienone is 4. The van der Waals surface area contributed by atoms with Crippen LogP contribution in [-0.4, -0.2) is 18.0 Å². The van der Waals surface area contributed by atoms with Crippen molar-refractivity contribution >= 4 is 12.0 Å². The molecule has 1 aromatic rings. The molecule has 0 amide bonds. The van der Waals surface area contributed by atoms with Crippen molar-refractivity contribution in [1.82, 2.24) is 0 Å². The lowest BCUT2D eigenvalue weighted by atomic mass is 9.89. The molecule has 0 spiro atoms. The van der Waals surface area contributed by atoms with Crippen LogP contribution in [0, 0.1) is 11.8 Å². The maximum atomic E-state index is 13.2. The van der Waals surface area contributed by atoms with E-state index in [1.807, 2.05) is 32.1 Å². The van der Waals surface area contributed by atoms with Gasteiger partial charge in [-0.15, -0.1) is 0 Å². The third-order valence-corrected chi connectivity index (χ3v) is 3.91. The fraction of sp³-hybridized carbons (Fsp3) is 0.350. The standard InChI is InChI=1S/C20H24F3NO2/c1-3-6-17(16(4-2)7-5-12-25)10-11-24-19-9-8-15(14-26)13-18(19)20(21,22)23/h3,5-11,13-14,16-17,24-25H,4,12H2,1-2H3/b6-3+,7-5+,11-10-. The number of benzene rings is 1. The molecule has 26 heavy (non-hydrogen) atoms. The number of anilines is 1. The average Bonchev–Trinajstić information content (AvgIpc) is 2.61. The van der Waals surface area contributed by atoms with Crippen LogP contribution in [0.3, 0.4) is 0 Å². The first-order valence-corrected chi connectivity index (χ1v) is 8.37. The summed E-state index contributed by atoms with van der Waals surface area (Å²) in [7, 11) is 0. The Bertz CT molecular complexity index is 664. The molecule has 0 aliphatic rings. The van der Waals surface area contributed by atoms with E-state index in [4.69, 9.17) is 5.11 Å². The lowest BCUT2D eigenvalue weighted by Gasteiger charge is -2.18. The molecule has 0 saturated heterocycles. The number of carbonyl (C=O) groups excluding carboxylic acids is 1. The van der Waals surface area contributed by atoms with Gasteiger partial charge in [-0.2, -0.15) is 13.2 Å². The zero-order valence-corrected chi connectivity index (χ0v) is 14.8. The van der Waals surface area contributed by atoms with Crippen molar-refractivity contribution in [2.24, 2.45) is 11.8 Å². The summed E-state index contributed by atoms with van der Waals surface area (Å²) < 4.78 is 39.5. The molecule has 2 N–H and O–H groups in total. The molecule has 1 rings (SSSR count). The minimum atomic E-state index is -4.56. The first kappa shape index (κ1) is 21.7. The minimum Gasteiger partial charge on any atom is -0.392 e. The van der Waals surface area contributed by atoms with Gasteiger partial charge in [0.2, 0.25) is 0 Å². The molecule has 142 valence electrons. The Morgan fingerprint density at radius 1 is 1.23 bits per heavy atom. The number of carbonyl (C=O) groups is 1. The summed E-state index contributed by atoms with van der Waals surface area (Å²) in [5.41, 5.74) is -1.03. The van der Waals surface area contributed by atoms with Crippen LogP contribution in [0.4, 0.5) is 18.9 Å². The van der Waals surface area contributed by atoms with E-state index in [9.17, 15) is 18.0 Å². The van der Waals surface area contributed by atoms with E-state index < -0.39 is 11.7 Å². The maximum absolute atomic E-state index is 13.2. The van der Waals surface area contributed by atoms with Crippen LogP contribution in [0.15, 0.2) is 54.8 Å². The smallest absolute Gasteiger partial charge is 0.392 e. The van der Waals surface area contributed by atoms with Gasteiger partial charge in [0.1, 0.15) is 6.29 Å². The molecule has 0 aliphatic heterocycles. The fourth-order valence-electron chi connectivity index (χ4n) is 2.59. The number of alkyl halides is 3. The molecule has 0 aliphatic carbocycles. The summed E-state index contributed by atoms with van der Waals surface area (Å²) in [4.78, 5) is 10.7. The summed E-state index contributed by atoms with van der Waals surface area (Å²) in [6, 6.07) is 3.40. The van der Waals surface area contributed by atoms with Crippen LogP contribution >= 0.6 is 0 Å². The van der Waals surface area contributed by atoms with Crippen molar-refractivity contribution in [2.75, 3.05) is 11.9 Å². The first-order valence-electron chi connectivity index (χ1n) is 8.37. The molecule has 1 aromatic carbocycles. The van der Waals surface area contributed by atoms with Gasteiger partial charge in [0.25, 0.3) is 0 Å². The second kappa shape index (κ2) is 10.6. The topological polar surface area (TPSA) is 49.3 Å². The molecular formula is C20H24F3NO2. The maximum Gasteiger partial charge on any atom is 0.418 e. The van der Waals surface area contributed by atoms with Crippen molar-refractivity contribution < 1.29 is 23.1 Å². The van der Waals surface area contributed by atoms with E-state index in [0.717, 1.165) is 12.5 Å². The summed E-state index contributed by atoms with van der Waals surface area (Å²) in [5.74, 6) is 0.0970. The summed E-state index contributed by atoms with van der Waals surface area (Å²) in [5, 5.41) is 11.6. The molecule has 0 saturated carbocycles. The molecule has 3 nitrogen and oxygen atoms in total. The number of halogens is 3. The van der Waals surface area contributed by atoms with Gasteiger partial charge < -0.3 is 10.4 Å². The molecule has 2 atom stereocenters.